The molecule has 1 rings (SSSR count). The Morgan fingerprint density at radius 2 is 1.88 bits per heavy atom. The van der Waals surface area contributed by atoms with Crippen LogP contribution in [0.25, 0.3) is 0 Å². The fourth-order valence-electron chi connectivity index (χ4n) is 1.62. The van der Waals surface area contributed by atoms with Crippen molar-refractivity contribution in [3.05, 3.63) is 30.1 Å². The number of hydrogen-bond donors (Lipinski definition) is 1. The molecule has 1 N–H and O–H groups in total. The highest BCUT2D eigenvalue weighted by Gasteiger charge is 2.03. The molecule has 0 unspecified atom stereocenters. The van der Waals surface area contributed by atoms with Crippen molar-refractivity contribution in [3.63, 3.8) is 0 Å². The summed E-state index contributed by atoms with van der Waals surface area (Å²) < 4.78 is 12.7. The standard InChI is InChI=1S/C13H20FNOS/c1-2-7-15(8-10-16)9-11-17-13-5-3-12(14)4-6-13/h3-6,16H,2,7-11H2,1H3. The Balaban J connectivity index is 2.27. The van der Waals surface area contributed by atoms with Gasteiger partial charge in [-0.25, -0.2) is 4.39 Å². The Morgan fingerprint density at radius 3 is 2.47 bits per heavy atom. The summed E-state index contributed by atoms with van der Waals surface area (Å²) in [6, 6.07) is 6.58. The molecule has 0 bridgehead atoms. The van der Waals surface area contributed by atoms with E-state index in [9.17, 15) is 4.39 Å². The van der Waals surface area contributed by atoms with Gasteiger partial charge in [0.25, 0.3) is 0 Å². The Labute approximate surface area is 107 Å². The molecule has 0 aliphatic heterocycles. The summed E-state index contributed by atoms with van der Waals surface area (Å²) in [6.45, 7) is 5.05. The van der Waals surface area contributed by atoms with Gasteiger partial charge in [-0.05, 0) is 37.2 Å². The molecular formula is C13H20FNOS. The van der Waals surface area contributed by atoms with E-state index in [1.54, 1.807) is 23.9 Å². The van der Waals surface area contributed by atoms with E-state index in [2.05, 4.69) is 11.8 Å². The second-order valence-corrected chi connectivity index (χ2v) is 5.04. The molecule has 17 heavy (non-hydrogen) atoms. The van der Waals surface area contributed by atoms with E-state index in [1.165, 1.54) is 12.1 Å². The van der Waals surface area contributed by atoms with Crippen LogP contribution in [-0.2, 0) is 0 Å². The van der Waals surface area contributed by atoms with E-state index in [-0.39, 0.29) is 12.4 Å². The molecule has 0 radical (unpaired) electrons. The van der Waals surface area contributed by atoms with Crippen molar-refractivity contribution in [1.82, 2.24) is 4.90 Å². The SMILES string of the molecule is CCCN(CCO)CCSc1ccc(F)cc1. The third-order valence-electron chi connectivity index (χ3n) is 2.45. The molecule has 2 nitrogen and oxygen atoms in total. The summed E-state index contributed by atoms with van der Waals surface area (Å²) in [5, 5.41) is 8.92. The van der Waals surface area contributed by atoms with Gasteiger partial charge in [0.05, 0.1) is 6.61 Å². The summed E-state index contributed by atoms with van der Waals surface area (Å²) in [5.74, 6) is 0.772. The summed E-state index contributed by atoms with van der Waals surface area (Å²) >= 11 is 1.72. The van der Waals surface area contributed by atoms with Crippen molar-refractivity contribution >= 4 is 11.8 Å². The molecule has 0 atom stereocenters. The normalized spacial score (nSPS) is 11.1. The smallest absolute Gasteiger partial charge is 0.123 e. The second-order valence-electron chi connectivity index (χ2n) is 3.87. The maximum absolute atomic E-state index is 12.7. The zero-order chi connectivity index (χ0) is 12.5. The molecule has 0 heterocycles. The van der Waals surface area contributed by atoms with Crippen LogP contribution < -0.4 is 0 Å². The van der Waals surface area contributed by atoms with Crippen molar-refractivity contribution in [2.75, 3.05) is 32.0 Å². The van der Waals surface area contributed by atoms with E-state index in [4.69, 9.17) is 5.11 Å². The highest BCUT2D eigenvalue weighted by atomic mass is 32.2. The monoisotopic (exact) mass is 257 g/mol. The van der Waals surface area contributed by atoms with Crippen molar-refractivity contribution in [3.8, 4) is 0 Å². The molecule has 1 aromatic carbocycles. The number of benzene rings is 1. The molecule has 0 aliphatic carbocycles. The predicted molar refractivity (Wildman–Crippen MR) is 70.9 cm³/mol. The molecule has 0 spiro atoms. The number of hydrogen-bond acceptors (Lipinski definition) is 3. The molecule has 4 heteroatoms. The zero-order valence-electron chi connectivity index (χ0n) is 10.2. The first-order chi connectivity index (χ1) is 8.26. The van der Waals surface area contributed by atoms with Crippen LogP contribution in [0.4, 0.5) is 4.39 Å². The summed E-state index contributed by atoms with van der Waals surface area (Å²) in [5.41, 5.74) is 0. The first-order valence-electron chi connectivity index (χ1n) is 5.98. The van der Waals surface area contributed by atoms with Crippen LogP contribution in [0.15, 0.2) is 29.2 Å². The van der Waals surface area contributed by atoms with Gasteiger partial charge in [0.1, 0.15) is 5.82 Å². The average molecular weight is 257 g/mol. The molecule has 0 fully saturated rings. The lowest BCUT2D eigenvalue weighted by Crippen LogP contribution is -2.29. The Kier molecular flexibility index (Phi) is 7.24. The third kappa shape index (κ3) is 6.05. The van der Waals surface area contributed by atoms with Crippen LogP contribution in [-0.4, -0.2) is 42.0 Å². The summed E-state index contributed by atoms with van der Waals surface area (Å²) in [7, 11) is 0. The lowest BCUT2D eigenvalue weighted by atomic mass is 10.4. The van der Waals surface area contributed by atoms with Crippen LogP contribution in [0.3, 0.4) is 0 Å². The largest absolute Gasteiger partial charge is 0.395 e. The van der Waals surface area contributed by atoms with Crippen molar-refractivity contribution in [2.24, 2.45) is 0 Å². The minimum atomic E-state index is -0.192. The minimum Gasteiger partial charge on any atom is -0.395 e. The molecule has 0 aromatic heterocycles. The summed E-state index contributed by atoms with van der Waals surface area (Å²) in [6.07, 6.45) is 1.10. The fourth-order valence-corrected chi connectivity index (χ4v) is 2.53. The first kappa shape index (κ1) is 14.5. The van der Waals surface area contributed by atoms with Gasteiger partial charge in [-0.2, -0.15) is 0 Å². The van der Waals surface area contributed by atoms with Gasteiger partial charge < -0.3 is 10.0 Å². The molecule has 96 valence electrons. The molecule has 0 aliphatic rings. The van der Waals surface area contributed by atoms with Crippen molar-refractivity contribution < 1.29 is 9.50 Å². The minimum absolute atomic E-state index is 0.192. The zero-order valence-corrected chi connectivity index (χ0v) is 11.0. The van der Waals surface area contributed by atoms with Crippen LogP contribution in [0.5, 0.6) is 0 Å². The number of aliphatic hydroxyl groups excluding tert-OH is 1. The topological polar surface area (TPSA) is 23.5 Å². The Bertz CT molecular complexity index is 299. The second kappa shape index (κ2) is 8.50. The molecule has 1 aromatic rings. The van der Waals surface area contributed by atoms with Gasteiger partial charge in [-0.1, -0.05) is 6.92 Å². The van der Waals surface area contributed by atoms with E-state index in [1.807, 2.05) is 0 Å². The van der Waals surface area contributed by atoms with Gasteiger partial charge in [-0.3, -0.25) is 0 Å². The van der Waals surface area contributed by atoms with Gasteiger partial charge in [0.2, 0.25) is 0 Å². The van der Waals surface area contributed by atoms with Crippen molar-refractivity contribution in [2.45, 2.75) is 18.2 Å². The quantitative estimate of drug-likeness (QED) is 0.724. The van der Waals surface area contributed by atoms with Gasteiger partial charge in [-0.15, -0.1) is 11.8 Å². The molecule has 0 saturated carbocycles. The highest BCUT2D eigenvalue weighted by molar-refractivity contribution is 7.99. The highest BCUT2D eigenvalue weighted by Crippen LogP contribution is 2.17. The maximum Gasteiger partial charge on any atom is 0.123 e. The summed E-state index contributed by atoms with van der Waals surface area (Å²) in [4.78, 5) is 3.34. The predicted octanol–water partition coefficient (Wildman–Crippen LogP) is 2.62. The number of halogens is 1. The van der Waals surface area contributed by atoms with Gasteiger partial charge in [0.15, 0.2) is 0 Å². The molecular weight excluding hydrogens is 237 g/mol. The fraction of sp³-hybridized carbons (Fsp3) is 0.538. The lowest BCUT2D eigenvalue weighted by molar-refractivity contribution is 0.203. The molecule has 0 saturated heterocycles. The lowest BCUT2D eigenvalue weighted by Gasteiger charge is -2.19. The number of thioether (sulfide) groups is 1. The van der Waals surface area contributed by atoms with Crippen molar-refractivity contribution in [1.29, 1.82) is 0 Å². The van der Waals surface area contributed by atoms with Crippen LogP contribution in [0.1, 0.15) is 13.3 Å². The van der Waals surface area contributed by atoms with E-state index in [0.29, 0.717) is 0 Å². The van der Waals surface area contributed by atoms with Gasteiger partial charge >= 0.3 is 0 Å². The first-order valence-corrected chi connectivity index (χ1v) is 6.96. The number of rotatable bonds is 8. The van der Waals surface area contributed by atoms with E-state index in [0.717, 1.165) is 36.7 Å². The Hall–Kier alpha value is -0.580. The van der Waals surface area contributed by atoms with Crippen LogP contribution >= 0.6 is 11.8 Å². The number of nitrogens with zero attached hydrogens (tertiary/aromatic N) is 1. The molecule has 0 amide bonds. The third-order valence-corrected chi connectivity index (χ3v) is 3.44. The van der Waals surface area contributed by atoms with E-state index >= 15 is 0 Å². The van der Waals surface area contributed by atoms with Gasteiger partial charge in [0, 0.05) is 23.7 Å². The average Bonchev–Trinajstić information content (AvgIpc) is 2.32. The van der Waals surface area contributed by atoms with E-state index < -0.39 is 0 Å². The number of aliphatic hydroxyl groups is 1. The maximum atomic E-state index is 12.7. The van der Waals surface area contributed by atoms with Crippen LogP contribution in [0, 0.1) is 5.82 Å². The Morgan fingerprint density at radius 1 is 1.18 bits per heavy atom. The van der Waals surface area contributed by atoms with Crippen LogP contribution in [0.2, 0.25) is 0 Å².